The highest BCUT2D eigenvalue weighted by Gasteiger charge is 2.53. The summed E-state index contributed by atoms with van der Waals surface area (Å²) < 4.78 is 11.3. The lowest BCUT2D eigenvalue weighted by Crippen LogP contribution is -2.66. The molecule has 3 rings (SSSR count). The maximum Gasteiger partial charge on any atom is 0.231 e. The molecule has 2 aromatic rings. The first kappa shape index (κ1) is 21.3. The summed E-state index contributed by atoms with van der Waals surface area (Å²) in [6.07, 6.45) is -5.33. The van der Waals surface area contributed by atoms with Crippen molar-refractivity contribution in [3.63, 3.8) is 0 Å². The SMILES string of the molecule is Cc1cc(-c2ccc(Cl)c(Cl)c2)ccc1OC1OC(CO)C(O)C(O)C1(C)O. The van der Waals surface area contributed by atoms with Crippen LogP contribution in [0.1, 0.15) is 12.5 Å². The quantitative estimate of drug-likeness (QED) is 0.596. The Morgan fingerprint density at radius 2 is 1.71 bits per heavy atom. The third-order valence-corrected chi connectivity index (χ3v) is 5.66. The zero-order chi connectivity index (χ0) is 20.6. The molecule has 5 unspecified atom stereocenters. The van der Waals surface area contributed by atoms with Gasteiger partial charge in [-0.05, 0) is 54.8 Å². The Bertz CT molecular complexity index is 857. The standard InChI is InChI=1S/C20H22Cl2O6/c1-10-7-11(12-3-5-13(21)14(22)8-12)4-6-15(10)27-19-20(2,26)18(25)17(24)16(9-23)28-19/h3-8,16-19,23-26H,9H2,1-2H3. The third kappa shape index (κ3) is 4.00. The number of benzene rings is 2. The first-order valence-electron chi connectivity index (χ1n) is 8.72. The van der Waals surface area contributed by atoms with Gasteiger partial charge in [-0.25, -0.2) is 0 Å². The molecular formula is C20H22Cl2O6. The van der Waals surface area contributed by atoms with Crippen LogP contribution in [0.4, 0.5) is 0 Å². The van der Waals surface area contributed by atoms with Gasteiger partial charge in [0.1, 0.15) is 24.1 Å². The van der Waals surface area contributed by atoms with Gasteiger partial charge in [-0.2, -0.15) is 0 Å². The van der Waals surface area contributed by atoms with E-state index in [9.17, 15) is 20.4 Å². The molecule has 1 aliphatic heterocycles. The Kier molecular flexibility index (Phi) is 6.22. The van der Waals surface area contributed by atoms with Gasteiger partial charge < -0.3 is 29.9 Å². The predicted octanol–water partition coefficient (Wildman–Crippen LogP) is 2.54. The lowest BCUT2D eigenvalue weighted by atomic mass is 9.88. The summed E-state index contributed by atoms with van der Waals surface area (Å²) in [7, 11) is 0. The average Bonchev–Trinajstić information content (AvgIpc) is 2.66. The highest BCUT2D eigenvalue weighted by Crippen LogP contribution is 2.35. The predicted molar refractivity (Wildman–Crippen MR) is 106 cm³/mol. The second-order valence-corrected chi connectivity index (χ2v) is 7.89. The molecule has 152 valence electrons. The lowest BCUT2D eigenvalue weighted by Gasteiger charge is -2.45. The molecule has 1 aliphatic rings. The molecule has 1 saturated heterocycles. The lowest BCUT2D eigenvalue weighted by molar-refractivity contribution is -0.314. The Labute approximate surface area is 172 Å². The number of halogens is 2. The van der Waals surface area contributed by atoms with Crippen LogP contribution in [0.25, 0.3) is 11.1 Å². The van der Waals surface area contributed by atoms with Crippen LogP contribution in [0, 0.1) is 6.92 Å². The molecular weight excluding hydrogens is 407 g/mol. The summed E-state index contributed by atoms with van der Waals surface area (Å²) in [4.78, 5) is 0. The third-order valence-electron chi connectivity index (χ3n) is 4.92. The van der Waals surface area contributed by atoms with Crippen molar-refractivity contribution in [2.45, 2.75) is 44.1 Å². The fourth-order valence-corrected chi connectivity index (χ4v) is 3.41. The van der Waals surface area contributed by atoms with Crippen LogP contribution in [0.2, 0.25) is 10.0 Å². The maximum absolute atomic E-state index is 10.6. The first-order valence-corrected chi connectivity index (χ1v) is 9.48. The van der Waals surface area contributed by atoms with Gasteiger partial charge in [0, 0.05) is 0 Å². The fourth-order valence-electron chi connectivity index (χ4n) is 3.12. The largest absolute Gasteiger partial charge is 0.461 e. The number of hydrogen-bond donors (Lipinski definition) is 4. The van der Waals surface area contributed by atoms with Gasteiger partial charge in [0.2, 0.25) is 6.29 Å². The van der Waals surface area contributed by atoms with E-state index in [2.05, 4.69) is 0 Å². The normalized spacial score (nSPS) is 30.3. The molecule has 6 nitrogen and oxygen atoms in total. The number of ether oxygens (including phenoxy) is 2. The van der Waals surface area contributed by atoms with E-state index in [1.807, 2.05) is 25.1 Å². The van der Waals surface area contributed by atoms with Gasteiger partial charge in [-0.3, -0.25) is 0 Å². The van der Waals surface area contributed by atoms with Crippen LogP contribution < -0.4 is 4.74 Å². The average molecular weight is 429 g/mol. The van der Waals surface area contributed by atoms with Crippen molar-refractivity contribution in [1.29, 1.82) is 0 Å². The van der Waals surface area contributed by atoms with Crippen molar-refractivity contribution in [2.75, 3.05) is 6.61 Å². The zero-order valence-corrected chi connectivity index (χ0v) is 16.9. The highest BCUT2D eigenvalue weighted by atomic mass is 35.5. The Balaban J connectivity index is 1.85. The van der Waals surface area contributed by atoms with E-state index in [1.165, 1.54) is 6.92 Å². The molecule has 28 heavy (non-hydrogen) atoms. The molecule has 0 aliphatic carbocycles. The second kappa shape index (κ2) is 8.16. The first-order chi connectivity index (χ1) is 13.1. The minimum atomic E-state index is -1.88. The smallest absolute Gasteiger partial charge is 0.231 e. The summed E-state index contributed by atoms with van der Waals surface area (Å²) in [5, 5.41) is 40.9. The molecule has 0 bridgehead atoms. The van der Waals surface area contributed by atoms with Crippen molar-refractivity contribution in [3.05, 3.63) is 52.0 Å². The summed E-state index contributed by atoms with van der Waals surface area (Å²) >= 11 is 12.0. The Morgan fingerprint density at radius 3 is 2.32 bits per heavy atom. The summed E-state index contributed by atoms with van der Waals surface area (Å²) in [6.45, 7) is 2.60. The molecule has 2 aromatic carbocycles. The number of aliphatic hydroxyl groups excluding tert-OH is 3. The monoisotopic (exact) mass is 428 g/mol. The molecule has 0 radical (unpaired) electrons. The molecule has 4 N–H and O–H groups in total. The highest BCUT2D eigenvalue weighted by molar-refractivity contribution is 6.42. The maximum atomic E-state index is 10.6. The summed E-state index contributed by atoms with van der Waals surface area (Å²) in [6, 6.07) is 10.7. The molecule has 8 heteroatoms. The molecule has 0 saturated carbocycles. The van der Waals surface area contributed by atoms with Crippen LogP contribution >= 0.6 is 23.2 Å². The van der Waals surface area contributed by atoms with Crippen molar-refractivity contribution in [1.82, 2.24) is 0 Å². The van der Waals surface area contributed by atoms with E-state index >= 15 is 0 Å². The van der Waals surface area contributed by atoms with E-state index in [4.69, 9.17) is 32.7 Å². The summed E-state index contributed by atoms with van der Waals surface area (Å²) in [5.74, 6) is 0.425. The Morgan fingerprint density at radius 1 is 1.07 bits per heavy atom. The van der Waals surface area contributed by atoms with Gasteiger partial charge in [-0.15, -0.1) is 0 Å². The van der Waals surface area contributed by atoms with E-state index in [1.54, 1.807) is 18.2 Å². The molecule has 0 amide bonds. The number of aliphatic hydroxyl groups is 4. The van der Waals surface area contributed by atoms with Gasteiger partial charge in [0.15, 0.2) is 5.60 Å². The van der Waals surface area contributed by atoms with Crippen molar-refractivity contribution < 1.29 is 29.9 Å². The number of hydrogen-bond acceptors (Lipinski definition) is 6. The van der Waals surface area contributed by atoms with E-state index in [0.717, 1.165) is 16.7 Å². The topological polar surface area (TPSA) is 99.4 Å². The molecule has 1 heterocycles. The van der Waals surface area contributed by atoms with Gasteiger partial charge >= 0.3 is 0 Å². The minimum Gasteiger partial charge on any atom is -0.461 e. The van der Waals surface area contributed by atoms with Crippen LogP contribution in [-0.2, 0) is 4.74 Å². The van der Waals surface area contributed by atoms with Crippen LogP contribution in [0.3, 0.4) is 0 Å². The summed E-state index contributed by atoms with van der Waals surface area (Å²) in [5.41, 5.74) is 0.649. The van der Waals surface area contributed by atoms with Crippen LogP contribution in [0.15, 0.2) is 36.4 Å². The minimum absolute atomic E-state index is 0.425. The fraction of sp³-hybridized carbons (Fsp3) is 0.400. The zero-order valence-electron chi connectivity index (χ0n) is 15.3. The van der Waals surface area contributed by atoms with E-state index in [-0.39, 0.29) is 0 Å². The molecule has 5 atom stereocenters. The number of rotatable bonds is 4. The Hall–Kier alpha value is -1.38. The van der Waals surface area contributed by atoms with Gasteiger partial charge in [0.05, 0.1) is 16.7 Å². The van der Waals surface area contributed by atoms with Crippen molar-refractivity contribution in [2.24, 2.45) is 0 Å². The number of aryl methyl sites for hydroxylation is 1. The molecule has 0 aromatic heterocycles. The molecule has 1 fully saturated rings. The van der Waals surface area contributed by atoms with E-state index < -0.39 is 36.8 Å². The van der Waals surface area contributed by atoms with E-state index in [0.29, 0.717) is 15.8 Å². The van der Waals surface area contributed by atoms with Gasteiger partial charge in [0.25, 0.3) is 0 Å². The van der Waals surface area contributed by atoms with Crippen LogP contribution in [0.5, 0.6) is 5.75 Å². The van der Waals surface area contributed by atoms with Crippen molar-refractivity contribution in [3.8, 4) is 16.9 Å². The van der Waals surface area contributed by atoms with Crippen molar-refractivity contribution >= 4 is 23.2 Å². The van der Waals surface area contributed by atoms with Crippen LogP contribution in [-0.4, -0.2) is 57.2 Å². The second-order valence-electron chi connectivity index (χ2n) is 7.08. The molecule has 0 spiro atoms. The van der Waals surface area contributed by atoms with Gasteiger partial charge in [-0.1, -0.05) is 35.3 Å².